The van der Waals surface area contributed by atoms with Gasteiger partial charge < -0.3 is 0 Å². The second-order valence-corrected chi connectivity index (χ2v) is 9.56. The molecule has 0 saturated carbocycles. The first-order valence-electron chi connectivity index (χ1n) is 2.63. The van der Waals surface area contributed by atoms with Crippen molar-refractivity contribution in [3.8, 4) is 0 Å². The number of halogens is 2. The van der Waals surface area contributed by atoms with Crippen molar-refractivity contribution < 1.29 is 23.3 Å². The predicted octanol–water partition coefficient (Wildman–Crippen LogP) is 2.15. The molecule has 3 heteroatoms. The average Bonchev–Trinajstić information content (AvgIpc) is 1.90. The van der Waals surface area contributed by atoms with Gasteiger partial charge in [0.15, 0.2) is 0 Å². The Morgan fingerprint density at radius 2 is 1.78 bits per heavy atom. The molecule has 0 bridgehead atoms. The zero-order valence-electron chi connectivity index (χ0n) is 4.77. The summed E-state index contributed by atoms with van der Waals surface area (Å²) in [6.07, 6.45) is 0. The molecule has 0 saturated heterocycles. The molecular formula is C6H4ClHgI. The molecule has 0 amide bonds. The average molecular weight is 439 g/mol. The first-order chi connectivity index (χ1) is 4.33. The molecule has 0 nitrogen and oxygen atoms in total. The van der Waals surface area contributed by atoms with Crippen LogP contribution in [0.3, 0.4) is 0 Å². The molecule has 0 aromatic heterocycles. The third kappa shape index (κ3) is 2.72. The quantitative estimate of drug-likeness (QED) is 0.465. The number of hydrogen-bond donors (Lipinski definition) is 0. The molecule has 0 aliphatic carbocycles. The zero-order chi connectivity index (χ0) is 6.69. The molecule has 0 fully saturated rings. The first kappa shape index (κ1) is 8.27. The van der Waals surface area contributed by atoms with Crippen LogP contribution >= 0.6 is 30.8 Å². The Bertz CT molecular complexity index is 185. The van der Waals surface area contributed by atoms with Gasteiger partial charge in [-0.05, 0) is 0 Å². The van der Waals surface area contributed by atoms with Crippen LogP contribution in [-0.4, -0.2) is 0 Å². The molecule has 9 heavy (non-hydrogen) atoms. The molecule has 0 atom stereocenters. The molecule has 0 aliphatic rings. The van der Waals surface area contributed by atoms with E-state index in [4.69, 9.17) is 8.25 Å². The van der Waals surface area contributed by atoms with Crippen molar-refractivity contribution in [2.75, 3.05) is 0 Å². The maximum atomic E-state index is 5.80. The van der Waals surface area contributed by atoms with Crippen molar-refractivity contribution in [2.24, 2.45) is 0 Å². The van der Waals surface area contributed by atoms with E-state index in [2.05, 4.69) is 46.9 Å². The van der Waals surface area contributed by atoms with Crippen molar-refractivity contribution in [1.82, 2.24) is 0 Å². The van der Waals surface area contributed by atoms with Crippen molar-refractivity contribution in [1.29, 1.82) is 0 Å². The van der Waals surface area contributed by atoms with Gasteiger partial charge in [-0.2, -0.15) is 0 Å². The van der Waals surface area contributed by atoms with Crippen LogP contribution in [0.2, 0.25) is 0 Å². The van der Waals surface area contributed by atoms with Gasteiger partial charge in [0.05, 0.1) is 0 Å². The van der Waals surface area contributed by atoms with Crippen molar-refractivity contribution >= 4 is 33.9 Å². The summed E-state index contributed by atoms with van der Waals surface area (Å²) in [7, 11) is 5.80. The molecule has 0 heterocycles. The van der Waals surface area contributed by atoms with Crippen LogP contribution in [0.15, 0.2) is 24.3 Å². The molecule has 1 rings (SSSR count). The fraction of sp³-hybridized carbons (Fsp3) is 0. The van der Waals surface area contributed by atoms with Gasteiger partial charge >= 0.3 is 85.1 Å². The number of hydrogen-bond acceptors (Lipinski definition) is 0. The van der Waals surface area contributed by atoms with E-state index in [1.54, 1.807) is 0 Å². The van der Waals surface area contributed by atoms with Crippen LogP contribution in [0.5, 0.6) is 0 Å². The van der Waals surface area contributed by atoms with Gasteiger partial charge in [0, 0.05) is 0 Å². The Morgan fingerprint density at radius 3 is 2.22 bits per heavy atom. The van der Waals surface area contributed by atoms with Crippen LogP contribution in [-0.2, 0) is 23.3 Å². The Kier molecular flexibility index (Phi) is 3.80. The summed E-state index contributed by atoms with van der Waals surface area (Å²) in [5, 5.41) is 0. The van der Waals surface area contributed by atoms with Crippen molar-refractivity contribution in [3.05, 3.63) is 27.8 Å². The molecule has 0 spiro atoms. The van der Waals surface area contributed by atoms with E-state index in [0.717, 1.165) is 0 Å². The van der Waals surface area contributed by atoms with Gasteiger partial charge in [-0.15, -0.1) is 0 Å². The topological polar surface area (TPSA) is 0 Å². The molecule has 0 aliphatic heterocycles. The van der Waals surface area contributed by atoms with Gasteiger partial charge in [0.2, 0.25) is 0 Å². The SMILES string of the molecule is [Cl][Hg][c]1ccc(I)cc1. The fourth-order valence-corrected chi connectivity index (χ4v) is 4.11. The maximum absolute atomic E-state index is 5.80. The van der Waals surface area contributed by atoms with Gasteiger partial charge in [0.1, 0.15) is 0 Å². The molecule has 1 aromatic rings. The molecular weight excluding hydrogens is 435 g/mol. The standard InChI is InChI=1S/C6H4I.ClH.Hg/c7-6-4-2-1-3-5-6;;/h2-5H;1H;/q;;+1/p-1. The normalized spacial score (nSPS) is 8.67. The van der Waals surface area contributed by atoms with Gasteiger partial charge in [-0.25, -0.2) is 0 Å². The summed E-state index contributed by atoms with van der Waals surface area (Å²) >= 11 is 1.20. The third-order valence-corrected chi connectivity index (χ3v) is 7.53. The van der Waals surface area contributed by atoms with Crippen LogP contribution in [0.4, 0.5) is 0 Å². The minimum absolute atomic E-state index is 1.09. The van der Waals surface area contributed by atoms with Crippen LogP contribution in [0.25, 0.3) is 0 Å². The number of rotatable bonds is 1. The summed E-state index contributed by atoms with van der Waals surface area (Å²) < 4.78 is 2.69. The van der Waals surface area contributed by atoms with E-state index in [0.29, 0.717) is 0 Å². The third-order valence-electron chi connectivity index (χ3n) is 1.07. The molecule has 0 N–H and O–H groups in total. The summed E-state index contributed by atoms with van der Waals surface area (Å²) in [6.45, 7) is 0. The Labute approximate surface area is 84.0 Å². The second-order valence-electron chi connectivity index (χ2n) is 1.76. The van der Waals surface area contributed by atoms with E-state index in [-0.39, 0.29) is 0 Å². The second kappa shape index (κ2) is 4.14. The summed E-state index contributed by atoms with van der Waals surface area (Å²) in [4.78, 5) is 0. The molecule has 0 unspecified atom stereocenters. The minimum atomic E-state index is -1.09. The zero-order valence-corrected chi connectivity index (χ0v) is 13.2. The van der Waals surface area contributed by atoms with Gasteiger partial charge in [0.25, 0.3) is 0 Å². The molecule has 0 radical (unpaired) electrons. The first-order valence-corrected chi connectivity index (χ1v) is 13.2. The number of benzene rings is 1. The van der Waals surface area contributed by atoms with Gasteiger partial charge in [-0.1, -0.05) is 0 Å². The summed E-state index contributed by atoms with van der Waals surface area (Å²) in [6, 6.07) is 8.49. The van der Waals surface area contributed by atoms with Gasteiger partial charge in [-0.3, -0.25) is 0 Å². The van der Waals surface area contributed by atoms with E-state index in [1.165, 1.54) is 6.64 Å². The van der Waals surface area contributed by atoms with Crippen LogP contribution in [0.1, 0.15) is 0 Å². The van der Waals surface area contributed by atoms with E-state index < -0.39 is 23.3 Å². The van der Waals surface area contributed by atoms with Crippen molar-refractivity contribution in [3.63, 3.8) is 0 Å². The Hall–Kier alpha value is 1.18. The van der Waals surface area contributed by atoms with E-state index in [1.807, 2.05) is 0 Å². The molecule has 1 aromatic carbocycles. The summed E-state index contributed by atoms with van der Waals surface area (Å²) in [5.74, 6) is 0. The Morgan fingerprint density at radius 1 is 1.22 bits per heavy atom. The fourth-order valence-electron chi connectivity index (χ4n) is 0.573. The molecule has 44 valence electrons. The predicted molar refractivity (Wildman–Crippen MR) is 44.6 cm³/mol. The van der Waals surface area contributed by atoms with Crippen LogP contribution in [0, 0.1) is 3.57 Å². The van der Waals surface area contributed by atoms with Crippen molar-refractivity contribution in [2.45, 2.75) is 0 Å². The summed E-state index contributed by atoms with van der Waals surface area (Å²) in [5.41, 5.74) is 0. The Balaban J connectivity index is 2.88. The van der Waals surface area contributed by atoms with Crippen LogP contribution < -0.4 is 3.07 Å². The van der Waals surface area contributed by atoms with E-state index >= 15 is 0 Å². The van der Waals surface area contributed by atoms with E-state index in [9.17, 15) is 0 Å². The monoisotopic (exact) mass is 440 g/mol.